The molecule has 0 heterocycles. The fourth-order valence-electron chi connectivity index (χ4n) is 9.29. The van der Waals surface area contributed by atoms with E-state index in [4.69, 9.17) is 11.6 Å². The predicted octanol–water partition coefficient (Wildman–Crippen LogP) is 6.17. The number of hydrogen-bond donors (Lipinski definition) is 2. The largest absolute Gasteiger partial charge is 0.386 e. The third-order valence-corrected chi connectivity index (χ3v) is 10.6. The van der Waals surface area contributed by atoms with Crippen LogP contribution in [0.5, 0.6) is 0 Å². The summed E-state index contributed by atoms with van der Waals surface area (Å²) in [5.41, 5.74) is 6.42. The molecule has 0 spiro atoms. The molecule has 4 N–H and O–H groups in total. The smallest absolute Gasteiger partial charge is 0.121 e. The van der Waals surface area contributed by atoms with Crippen LogP contribution in [0.4, 0.5) is 0 Å². The maximum atomic E-state index is 6.21. The lowest BCUT2D eigenvalue weighted by molar-refractivity contribution is -0.0754. The molecule has 4 fully saturated rings. The first-order valence-corrected chi connectivity index (χ1v) is 13.7. The number of rotatable bonds is 7. The first-order valence-electron chi connectivity index (χ1n) is 13.7. The van der Waals surface area contributed by atoms with E-state index in [1.807, 2.05) is 6.92 Å². The molecular formula is C27H50N4. The van der Waals surface area contributed by atoms with Gasteiger partial charge in [0.1, 0.15) is 5.84 Å². The summed E-state index contributed by atoms with van der Waals surface area (Å²) in [4.78, 5) is 0. The molecule has 4 aliphatic carbocycles. The van der Waals surface area contributed by atoms with Crippen molar-refractivity contribution in [2.24, 2.45) is 69.4 Å². The van der Waals surface area contributed by atoms with Gasteiger partial charge in [-0.05, 0) is 104 Å². The number of nitrogens with zero attached hydrogens (tertiary/aromatic N) is 2. The standard InChI is InChI=1S/C27H50N4/c1-5-7-19-8-10-21-20(16-19)9-11-23-22(21)14-15-27(4)24(12-13-25(23)27)18(3)17-31(29)30-26(28)6-2/h18-25H,5-17,29H2,1-4H3,(H2,28,30). The summed E-state index contributed by atoms with van der Waals surface area (Å²) in [5.74, 6) is 14.3. The summed E-state index contributed by atoms with van der Waals surface area (Å²) >= 11 is 0. The van der Waals surface area contributed by atoms with Crippen LogP contribution in [0.25, 0.3) is 0 Å². The lowest BCUT2D eigenvalue weighted by atomic mass is 9.48. The van der Waals surface area contributed by atoms with Gasteiger partial charge < -0.3 is 5.73 Å². The minimum Gasteiger partial charge on any atom is -0.386 e. The maximum absolute atomic E-state index is 6.21. The number of hydrazone groups is 1. The molecule has 0 aromatic heterocycles. The van der Waals surface area contributed by atoms with E-state index in [2.05, 4.69) is 25.9 Å². The molecule has 0 radical (unpaired) electrons. The van der Waals surface area contributed by atoms with Gasteiger partial charge >= 0.3 is 0 Å². The number of amidine groups is 1. The summed E-state index contributed by atoms with van der Waals surface area (Å²) in [6.45, 7) is 10.3. The van der Waals surface area contributed by atoms with Crippen LogP contribution < -0.4 is 11.6 Å². The minimum absolute atomic E-state index is 0.508. The normalized spacial score (nSPS) is 43.6. The van der Waals surface area contributed by atoms with Crippen molar-refractivity contribution < 1.29 is 0 Å². The highest BCUT2D eigenvalue weighted by atomic mass is 15.6. The molecule has 0 aromatic rings. The molecule has 4 saturated carbocycles. The Morgan fingerprint density at radius 1 is 1.03 bits per heavy atom. The van der Waals surface area contributed by atoms with Crippen molar-refractivity contribution in [1.82, 2.24) is 5.12 Å². The average molecular weight is 431 g/mol. The monoisotopic (exact) mass is 430 g/mol. The lowest BCUT2D eigenvalue weighted by Crippen LogP contribution is -2.49. The quantitative estimate of drug-likeness (QED) is 0.220. The van der Waals surface area contributed by atoms with Gasteiger partial charge in [0.2, 0.25) is 0 Å². The molecule has 4 nitrogen and oxygen atoms in total. The van der Waals surface area contributed by atoms with Crippen molar-refractivity contribution in [1.29, 1.82) is 0 Å². The van der Waals surface area contributed by atoms with Crippen LogP contribution >= 0.6 is 0 Å². The van der Waals surface area contributed by atoms with Gasteiger partial charge in [-0.3, -0.25) is 0 Å². The first kappa shape index (κ1) is 23.4. The number of hydrogen-bond acceptors (Lipinski definition) is 3. The second-order valence-electron chi connectivity index (χ2n) is 12.2. The van der Waals surface area contributed by atoms with Gasteiger partial charge in [-0.25, -0.2) is 11.0 Å². The Balaban J connectivity index is 1.41. The molecule has 178 valence electrons. The lowest BCUT2D eigenvalue weighted by Gasteiger charge is -2.57. The Morgan fingerprint density at radius 3 is 2.55 bits per heavy atom. The highest BCUT2D eigenvalue weighted by Crippen LogP contribution is 2.65. The van der Waals surface area contributed by atoms with E-state index < -0.39 is 0 Å². The van der Waals surface area contributed by atoms with Crippen LogP contribution in [-0.2, 0) is 0 Å². The second-order valence-corrected chi connectivity index (χ2v) is 12.2. The van der Waals surface area contributed by atoms with Crippen LogP contribution in [0.2, 0.25) is 0 Å². The van der Waals surface area contributed by atoms with Crippen LogP contribution in [-0.4, -0.2) is 17.5 Å². The van der Waals surface area contributed by atoms with Crippen molar-refractivity contribution in [3.63, 3.8) is 0 Å². The summed E-state index contributed by atoms with van der Waals surface area (Å²) in [6, 6.07) is 0. The Labute approximate surface area is 191 Å². The number of fused-ring (bicyclic) bond motifs is 5. The molecule has 4 aliphatic rings. The SMILES string of the molecule is CCCC1CCC2C(CCC3C2CCC2(C)C(C(C)CN(N)/N=C(\N)CC)CCC32)C1. The zero-order chi connectivity index (χ0) is 22.2. The highest BCUT2D eigenvalue weighted by molar-refractivity contribution is 5.79. The van der Waals surface area contributed by atoms with Gasteiger partial charge in [0.25, 0.3) is 0 Å². The van der Waals surface area contributed by atoms with Crippen LogP contribution in [0.3, 0.4) is 0 Å². The van der Waals surface area contributed by atoms with E-state index in [-0.39, 0.29) is 0 Å². The average Bonchev–Trinajstić information content (AvgIpc) is 3.10. The van der Waals surface area contributed by atoms with Gasteiger partial charge in [-0.2, -0.15) is 0 Å². The number of nitrogens with two attached hydrogens (primary N) is 2. The minimum atomic E-state index is 0.508. The van der Waals surface area contributed by atoms with Crippen LogP contribution in [0.1, 0.15) is 105 Å². The summed E-state index contributed by atoms with van der Waals surface area (Å²) in [6.07, 6.45) is 17.1. The van der Waals surface area contributed by atoms with Crippen molar-refractivity contribution in [3.8, 4) is 0 Å². The fraction of sp³-hybridized carbons (Fsp3) is 0.963. The number of hydrazine groups is 1. The van der Waals surface area contributed by atoms with E-state index in [1.54, 1.807) is 18.0 Å². The van der Waals surface area contributed by atoms with E-state index in [0.29, 0.717) is 17.2 Å². The second kappa shape index (κ2) is 9.61. The third-order valence-electron chi connectivity index (χ3n) is 10.6. The zero-order valence-corrected chi connectivity index (χ0v) is 20.9. The van der Waals surface area contributed by atoms with Gasteiger partial charge in [-0.1, -0.05) is 47.0 Å². The van der Waals surface area contributed by atoms with Gasteiger partial charge in [0.05, 0.1) is 6.54 Å². The molecule has 0 saturated heterocycles. The summed E-state index contributed by atoms with van der Waals surface area (Å²) in [7, 11) is 0. The first-order chi connectivity index (χ1) is 14.9. The van der Waals surface area contributed by atoms with Crippen molar-refractivity contribution in [2.45, 2.75) is 105 Å². The Morgan fingerprint density at radius 2 is 1.81 bits per heavy atom. The molecule has 9 unspecified atom stereocenters. The molecule has 31 heavy (non-hydrogen) atoms. The van der Waals surface area contributed by atoms with Gasteiger partial charge in [-0.15, -0.1) is 5.10 Å². The maximum Gasteiger partial charge on any atom is 0.121 e. The van der Waals surface area contributed by atoms with Crippen LogP contribution in [0, 0.1) is 52.8 Å². The van der Waals surface area contributed by atoms with Gasteiger partial charge in [0.15, 0.2) is 0 Å². The molecule has 4 heteroatoms. The highest BCUT2D eigenvalue weighted by Gasteiger charge is 2.57. The topological polar surface area (TPSA) is 67.6 Å². The van der Waals surface area contributed by atoms with Crippen LogP contribution in [0.15, 0.2) is 5.10 Å². The molecule has 0 bridgehead atoms. The van der Waals surface area contributed by atoms with E-state index in [0.717, 1.165) is 54.4 Å². The Bertz CT molecular complexity index is 633. The Kier molecular flexibility index (Phi) is 7.25. The Hall–Kier alpha value is -0.770. The van der Waals surface area contributed by atoms with E-state index in [1.165, 1.54) is 57.8 Å². The van der Waals surface area contributed by atoms with Gasteiger partial charge in [0, 0.05) is 6.42 Å². The van der Waals surface area contributed by atoms with E-state index >= 15 is 0 Å². The predicted molar refractivity (Wildman–Crippen MR) is 131 cm³/mol. The van der Waals surface area contributed by atoms with Crippen molar-refractivity contribution >= 4 is 5.84 Å². The fourth-order valence-corrected chi connectivity index (χ4v) is 9.29. The molecule has 0 aromatic carbocycles. The zero-order valence-electron chi connectivity index (χ0n) is 20.9. The molecule has 0 aliphatic heterocycles. The van der Waals surface area contributed by atoms with Crippen molar-refractivity contribution in [3.05, 3.63) is 0 Å². The summed E-state index contributed by atoms with van der Waals surface area (Å²) < 4.78 is 0. The molecule has 0 amide bonds. The molecular weight excluding hydrogens is 380 g/mol. The van der Waals surface area contributed by atoms with Crippen molar-refractivity contribution in [2.75, 3.05) is 6.54 Å². The third kappa shape index (κ3) is 4.52. The summed E-state index contributed by atoms with van der Waals surface area (Å²) in [5, 5.41) is 5.99. The van der Waals surface area contributed by atoms with E-state index in [9.17, 15) is 0 Å². The molecule has 9 atom stereocenters. The molecule has 4 rings (SSSR count).